The Morgan fingerprint density at radius 2 is 2.14 bits per heavy atom. The molecule has 0 amide bonds. The number of hydrogen-bond acceptors (Lipinski definition) is 6. The molecule has 0 atom stereocenters. The van der Waals surface area contributed by atoms with Gasteiger partial charge < -0.3 is 5.73 Å². The Morgan fingerprint density at radius 1 is 1.38 bits per heavy atom. The molecule has 21 heavy (non-hydrogen) atoms. The maximum absolute atomic E-state index is 12.2. The lowest BCUT2D eigenvalue weighted by Crippen LogP contribution is -2.26. The van der Waals surface area contributed by atoms with E-state index in [-0.39, 0.29) is 17.3 Å². The average molecular weight is 313 g/mol. The molecule has 0 unspecified atom stereocenters. The van der Waals surface area contributed by atoms with Gasteiger partial charge in [0.15, 0.2) is 11.6 Å². The Hall–Kier alpha value is -1.94. The maximum Gasteiger partial charge on any atom is 0.245 e. The number of nitrogen functional groups attached to an aromatic ring is 1. The van der Waals surface area contributed by atoms with E-state index in [1.807, 2.05) is 6.92 Å². The number of hydrogen-bond donors (Lipinski definition) is 2. The van der Waals surface area contributed by atoms with Crippen LogP contribution in [-0.2, 0) is 30.0 Å². The number of nitrogens with two attached hydrogens (primary N) is 1. The van der Waals surface area contributed by atoms with E-state index in [1.54, 1.807) is 18.1 Å². The minimum Gasteiger partial charge on any atom is -0.381 e. The second-order valence-electron chi connectivity index (χ2n) is 4.62. The van der Waals surface area contributed by atoms with Crippen molar-refractivity contribution in [2.45, 2.75) is 31.2 Å². The maximum atomic E-state index is 12.2. The van der Waals surface area contributed by atoms with E-state index in [9.17, 15) is 8.42 Å². The van der Waals surface area contributed by atoms with E-state index in [2.05, 4.69) is 19.9 Å². The van der Waals surface area contributed by atoms with Crippen LogP contribution in [0.1, 0.15) is 19.2 Å². The molecule has 0 bridgehead atoms. The summed E-state index contributed by atoms with van der Waals surface area (Å²) in [5.41, 5.74) is 5.66. The largest absolute Gasteiger partial charge is 0.381 e. The van der Waals surface area contributed by atoms with E-state index in [0.717, 1.165) is 6.42 Å². The molecule has 9 nitrogen and oxygen atoms in total. The first-order chi connectivity index (χ1) is 9.92. The number of aromatic nitrogens is 5. The van der Waals surface area contributed by atoms with Gasteiger partial charge >= 0.3 is 0 Å². The average Bonchev–Trinajstić information content (AvgIpc) is 2.96. The van der Waals surface area contributed by atoms with Gasteiger partial charge in [-0.1, -0.05) is 6.92 Å². The molecule has 3 N–H and O–H groups in total. The van der Waals surface area contributed by atoms with Crippen LogP contribution in [0, 0.1) is 0 Å². The third-order valence-corrected chi connectivity index (χ3v) is 4.26. The first-order valence-corrected chi connectivity index (χ1v) is 8.08. The highest BCUT2D eigenvalue weighted by Crippen LogP contribution is 2.16. The summed E-state index contributed by atoms with van der Waals surface area (Å²) in [4.78, 5) is 4.03. The van der Waals surface area contributed by atoms with Crippen LogP contribution in [0.4, 0.5) is 5.82 Å². The van der Waals surface area contributed by atoms with Gasteiger partial charge in [-0.15, -0.1) is 0 Å². The SMILES string of the molecule is CCCn1cc(S(=O)(=O)NCCc2ncn(C)n2)c(N)n1. The summed E-state index contributed by atoms with van der Waals surface area (Å²) in [6.07, 6.45) is 4.26. The van der Waals surface area contributed by atoms with E-state index in [0.29, 0.717) is 18.8 Å². The second kappa shape index (κ2) is 6.22. The summed E-state index contributed by atoms with van der Waals surface area (Å²) in [6, 6.07) is 0. The van der Waals surface area contributed by atoms with Crippen molar-refractivity contribution in [2.24, 2.45) is 7.05 Å². The summed E-state index contributed by atoms with van der Waals surface area (Å²) < 4.78 is 29.9. The van der Waals surface area contributed by atoms with Gasteiger partial charge in [-0.05, 0) is 6.42 Å². The monoisotopic (exact) mass is 313 g/mol. The zero-order chi connectivity index (χ0) is 15.5. The first-order valence-electron chi connectivity index (χ1n) is 6.59. The topological polar surface area (TPSA) is 121 Å². The highest BCUT2D eigenvalue weighted by molar-refractivity contribution is 7.89. The summed E-state index contributed by atoms with van der Waals surface area (Å²) in [7, 11) is -1.92. The van der Waals surface area contributed by atoms with Gasteiger partial charge in [0.1, 0.15) is 11.2 Å². The van der Waals surface area contributed by atoms with E-state index < -0.39 is 10.0 Å². The lowest BCUT2D eigenvalue weighted by molar-refractivity contribution is 0.578. The molecule has 0 aliphatic carbocycles. The number of nitrogens with one attached hydrogen (secondary N) is 1. The molecule has 2 aromatic heterocycles. The Balaban J connectivity index is 2.01. The molecular formula is C11H19N7O2S. The molecule has 116 valence electrons. The number of nitrogens with zero attached hydrogens (tertiary/aromatic N) is 5. The Bertz CT molecular complexity index is 704. The summed E-state index contributed by atoms with van der Waals surface area (Å²) in [5.74, 6) is 0.585. The highest BCUT2D eigenvalue weighted by Gasteiger charge is 2.20. The van der Waals surface area contributed by atoms with Crippen LogP contribution in [0.3, 0.4) is 0 Å². The molecule has 2 rings (SSSR count). The van der Waals surface area contributed by atoms with Crippen LogP contribution in [0.5, 0.6) is 0 Å². The number of rotatable bonds is 7. The zero-order valence-electron chi connectivity index (χ0n) is 12.0. The smallest absolute Gasteiger partial charge is 0.245 e. The van der Waals surface area contributed by atoms with Crippen molar-refractivity contribution in [3.05, 3.63) is 18.3 Å². The molecule has 0 radical (unpaired) electrons. The first kappa shape index (κ1) is 15.4. The standard InChI is InChI=1S/C11H19N7O2S/c1-3-6-18-7-9(11(12)16-18)21(19,20)14-5-4-10-13-8-17(2)15-10/h7-8,14H,3-6H2,1-2H3,(H2,12,16). The van der Waals surface area contributed by atoms with Crippen LogP contribution in [0.15, 0.2) is 17.4 Å². The lowest BCUT2D eigenvalue weighted by Gasteiger charge is -2.03. The Kier molecular flexibility index (Phi) is 4.58. The van der Waals surface area contributed by atoms with E-state index in [4.69, 9.17) is 5.73 Å². The van der Waals surface area contributed by atoms with Gasteiger partial charge in [0.25, 0.3) is 0 Å². The summed E-state index contributed by atoms with van der Waals surface area (Å²) >= 11 is 0. The van der Waals surface area contributed by atoms with Crippen molar-refractivity contribution >= 4 is 15.8 Å². The van der Waals surface area contributed by atoms with E-state index >= 15 is 0 Å². The second-order valence-corrected chi connectivity index (χ2v) is 6.36. The Morgan fingerprint density at radius 3 is 2.76 bits per heavy atom. The number of anilines is 1. The van der Waals surface area contributed by atoms with Gasteiger partial charge in [0, 0.05) is 32.8 Å². The van der Waals surface area contributed by atoms with E-state index in [1.165, 1.54) is 10.9 Å². The third kappa shape index (κ3) is 3.79. The molecule has 0 aromatic carbocycles. The molecule has 0 aliphatic heterocycles. The minimum atomic E-state index is -3.67. The molecule has 0 aliphatic rings. The van der Waals surface area contributed by atoms with Gasteiger partial charge in [-0.2, -0.15) is 10.2 Å². The van der Waals surface area contributed by atoms with Crippen LogP contribution in [0.2, 0.25) is 0 Å². The molecule has 0 saturated heterocycles. The normalized spacial score (nSPS) is 11.9. The third-order valence-electron chi connectivity index (χ3n) is 2.78. The van der Waals surface area contributed by atoms with Crippen molar-refractivity contribution < 1.29 is 8.42 Å². The minimum absolute atomic E-state index is 0.00456. The predicted octanol–water partition coefficient (Wildman–Crippen LogP) is -0.475. The van der Waals surface area contributed by atoms with Crippen molar-refractivity contribution in [3.63, 3.8) is 0 Å². The quantitative estimate of drug-likeness (QED) is 0.712. The fourth-order valence-corrected chi connectivity index (χ4v) is 2.95. The lowest BCUT2D eigenvalue weighted by atomic mass is 10.4. The number of aryl methyl sites for hydroxylation is 2. The number of sulfonamides is 1. The molecule has 0 fully saturated rings. The molecular weight excluding hydrogens is 294 g/mol. The summed E-state index contributed by atoms with van der Waals surface area (Å²) in [6.45, 7) is 2.80. The van der Waals surface area contributed by atoms with Gasteiger partial charge in [-0.25, -0.2) is 18.1 Å². The molecule has 10 heteroatoms. The fourth-order valence-electron chi connectivity index (χ4n) is 1.84. The van der Waals surface area contributed by atoms with Crippen LogP contribution >= 0.6 is 0 Å². The van der Waals surface area contributed by atoms with Gasteiger partial charge in [0.2, 0.25) is 10.0 Å². The van der Waals surface area contributed by atoms with Gasteiger partial charge in [0.05, 0.1) is 0 Å². The van der Waals surface area contributed by atoms with Crippen LogP contribution in [0.25, 0.3) is 0 Å². The van der Waals surface area contributed by atoms with Crippen LogP contribution < -0.4 is 10.5 Å². The predicted molar refractivity (Wildman–Crippen MR) is 76.8 cm³/mol. The molecule has 2 heterocycles. The van der Waals surface area contributed by atoms with Crippen molar-refractivity contribution in [2.75, 3.05) is 12.3 Å². The highest BCUT2D eigenvalue weighted by atomic mass is 32.2. The zero-order valence-corrected chi connectivity index (χ0v) is 12.8. The fraction of sp³-hybridized carbons (Fsp3) is 0.545. The van der Waals surface area contributed by atoms with Crippen molar-refractivity contribution in [1.29, 1.82) is 0 Å². The molecule has 2 aromatic rings. The van der Waals surface area contributed by atoms with Crippen LogP contribution in [-0.4, -0.2) is 39.5 Å². The van der Waals surface area contributed by atoms with Gasteiger partial charge in [-0.3, -0.25) is 9.36 Å². The molecule has 0 spiro atoms. The Labute approximate surface area is 123 Å². The van der Waals surface area contributed by atoms with Crippen molar-refractivity contribution in [1.82, 2.24) is 29.3 Å². The molecule has 0 saturated carbocycles. The van der Waals surface area contributed by atoms with Crippen molar-refractivity contribution in [3.8, 4) is 0 Å². The summed E-state index contributed by atoms with van der Waals surface area (Å²) in [5, 5.41) is 8.06.